The van der Waals surface area contributed by atoms with Crippen LogP contribution in [0.25, 0.3) is 0 Å². The summed E-state index contributed by atoms with van der Waals surface area (Å²) in [6.45, 7) is 2.46. The van der Waals surface area contributed by atoms with E-state index < -0.39 is 0 Å². The predicted octanol–water partition coefficient (Wildman–Crippen LogP) is 2.58. The third kappa shape index (κ3) is 2.79. The monoisotopic (exact) mass is 267 g/mol. The summed E-state index contributed by atoms with van der Waals surface area (Å²) in [5.74, 6) is 0.0554. The number of morpholine rings is 1. The predicted molar refractivity (Wildman–Crippen MR) is 77.9 cm³/mol. The lowest BCUT2D eigenvalue weighted by Gasteiger charge is -2.24. The van der Waals surface area contributed by atoms with Crippen LogP contribution in [0, 0.1) is 0 Å². The molecule has 1 aliphatic rings. The van der Waals surface area contributed by atoms with Crippen LogP contribution in [0.2, 0.25) is 0 Å². The second-order valence-electron chi connectivity index (χ2n) is 4.88. The first kappa shape index (κ1) is 13.0. The number of hydrogen-bond acceptors (Lipinski definition) is 3. The molecule has 0 aliphatic carbocycles. The van der Waals surface area contributed by atoms with Gasteiger partial charge in [0.1, 0.15) is 0 Å². The molecule has 20 heavy (non-hydrogen) atoms. The summed E-state index contributed by atoms with van der Waals surface area (Å²) in [6.07, 6.45) is 0.0876. The van der Waals surface area contributed by atoms with Gasteiger partial charge in [-0.1, -0.05) is 54.6 Å². The van der Waals surface area contributed by atoms with Gasteiger partial charge in [0.05, 0.1) is 12.7 Å². The van der Waals surface area contributed by atoms with Gasteiger partial charge >= 0.3 is 0 Å². The van der Waals surface area contributed by atoms with Crippen LogP contribution in [0.4, 0.5) is 0 Å². The molecule has 1 fully saturated rings. The maximum atomic E-state index is 12.3. The zero-order valence-corrected chi connectivity index (χ0v) is 11.2. The smallest absolute Gasteiger partial charge is 0.193 e. The Morgan fingerprint density at radius 3 is 2.35 bits per heavy atom. The lowest BCUT2D eigenvalue weighted by Crippen LogP contribution is -2.33. The van der Waals surface area contributed by atoms with Crippen molar-refractivity contribution >= 4 is 5.78 Å². The van der Waals surface area contributed by atoms with Crippen LogP contribution in [0.15, 0.2) is 54.6 Å². The van der Waals surface area contributed by atoms with Crippen molar-refractivity contribution in [3.05, 3.63) is 71.3 Å². The third-order valence-corrected chi connectivity index (χ3v) is 3.51. The minimum atomic E-state index is 0.0554. The Morgan fingerprint density at radius 1 is 1.00 bits per heavy atom. The molecular formula is C17H17NO2. The van der Waals surface area contributed by atoms with Crippen LogP contribution >= 0.6 is 0 Å². The van der Waals surface area contributed by atoms with E-state index in [0.717, 1.165) is 30.8 Å². The summed E-state index contributed by atoms with van der Waals surface area (Å²) in [4.78, 5) is 12.3. The van der Waals surface area contributed by atoms with Crippen molar-refractivity contribution in [2.24, 2.45) is 0 Å². The molecule has 1 N–H and O–H groups in total. The summed E-state index contributed by atoms with van der Waals surface area (Å²) in [5.41, 5.74) is 2.54. The molecule has 1 aliphatic heterocycles. The molecule has 0 amide bonds. The summed E-state index contributed by atoms with van der Waals surface area (Å²) in [6, 6.07) is 17.1. The van der Waals surface area contributed by atoms with Gasteiger partial charge in [0.15, 0.2) is 5.78 Å². The number of nitrogens with one attached hydrogen (secondary N) is 1. The summed E-state index contributed by atoms with van der Waals surface area (Å²) in [7, 11) is 0. The van der Waals surface area contributed by atoms with Gasteiger partial charge in [-0.3, -0.25) is 4.79 Å². The molecule has 0 spiro atoms. The van der Waals surface area contributed by atoms with Crippen molar-refractivity contribution < 1.29 is 9.53 Å². The van der Waals surface area contributed by atoms with E-state index in [0.29, 0.717) is 5.56 Å². The Kier molecular flexibility index (Phi) is 3.90. The molecule has 0 saturated carbocycles. The molecule has 1 saturated heterocycles. The highest BCUT2D eigenvalue weighted by Crippen LogP contribution is 2.20. The van der Waals surface area contributed by atoms with E-state index in [2.05, 4.69) is 5.32 Å². The van der Waals surface area contributed by atoms with Crippen molar-refractivity contribution in [2.45, 2.75) is 6.10 Å². The molecule has 2 aromatic carbocycles. The average molecular weight is 267 g/mol. The first-order chi connectivity index (χ1) is 9.84. The van der Waals surface area contributed by atoms with Gasteiger partial charge in [0.2, 0.25) is 0 Å². The first-order valence-corrected chi connectivity index (χ1v) is 6.86. The highest BCUT2D eigenvalue weighted by Gasteiger charge is 2.16. The van der Waals surface area contributed by atoms with Crippen LogP contribution in [0.1, 0.15) is 27.6 Å². The van der Waals surface area contributed by atoms with Crippen LogP contribution in [-0.4, -0.2) is 25.5 Å². The van der Waals surface area contributed by atoms with Crippen LogP contribution in [-0.2, 0) is 4.74 Å². The molecule has 3 nitrogen and oxygen atoms in total. The fourth-order valence-electron chi connectivity index (χ4n) is 2.38. The average Bonchev–Trinajstić information content (AvgIpc) is 2.56. The van der Waals surface area contributed by atoms with Crippen molar-refractivity contribution in [2.75, 3.05) is 19.7 Å². The minimum Gasteiger partial charge on any atom is -0.371 e. The second kappa shape index (κ2) is 5.99. The van der Waals surface area contributed by atoms with Gasteiger partial charge in [-0.25, -0.2) is 0 Å². The molecule has 3 heteroatoms. The largest absolute Gasteiger partial charge is 0.371 e. The fraction of sp³-hybridized carbons (Fsp3) is 0.235. The topological polar surface area (TPSA) is 38.3 Å². The highest BCUT2D eigenvalue weighted by molar-refractivity contribution is 6.08. The number of ketones is 1. The van der Waals surface area contributed by atoms with Crippen LogP contribution in [0.5, 0.6) is 0 Å². The van der Waals surface area contributed by atoms with E-state index in [1.54, 1.807) is 0 Å². The molecule has 102 valence electrons. The summed E-state index contributed by atoms with van der Waals surface area (Å²) >= 11 is 0. The molecule has 1 atom stereocenters. The highest BCUT2D eigenvalue weighted by atomic mass is 16.5. The molecule has 0 radical (unpaired) electrons. The van der Waals surface area contributed by atoms with Crippen LogP contribution < -0.4 is 5.32 Å². The third-order valence-electron chi connectivity index (χ3n) is 3.51. The number of hydrogen-bond donors (Lipinski definition) is 1. The Labute approximate surface area is 118 Å². The van der Waals surface area contributed by atoms with E-state index in [4.69, 9.17) is 4.74 Å². The standard InChI is InChI=1S/C17H17NO2/c19-17(14-4-2-1-3-5-14)15-8-6-13(7-9-15)16-12-18-10-11-20-16/h1-9,16,18H,10-12H2. The Hall–Kier alpha value is -1.97. The molecule has 0 bridgehead atoms. The number of carbonyl (C=O) groups is 1. The minimum absolute atomic E-state index is 0.0554. The quantitative estimate of drug-likeness (QED) is 0.869. The second-order valence-corrected chi connectivity index (χ2v) is 4.88. The summed E-state index contributed by atoms with van der Waals surface area (Å²) in [5, 5.41) is 3.30. The van der Waals surface area contributed by atoms with Gasteiger partial charge in [0, 0.05) is 24.2 Å². The van der Waals surface area contributed by atoms with Crippen molar-refractivity contribution in [1.29, 1.82) is 0 Å². The van der Waals surface area contributed by atoms with E-state index in [9.17, 15) is 4.79 Å². The van der Waals surface area contributed by atoms with Crippen LogP contribution in [0.3, 0.4) is 0 Å². The maximum Gasteiger partial charge on any atom is 0.193 e. The molecule has 1 heterocycles. The Bertz CT molecular complexity index is 572. The van der Waals surface area contributed by atoms with Gasteiger partial charge in [-0.2, -0.15) is 0 Å². The lowest BCUT2D eigenvalue weighted by atomic mass is 10.0. The number of carbonyl (C=O) groups excluding carboxylic acids is 1. The Balaban J connectivity index is 1.77. The van der Waals surface area contributed by atoms with Gasteiger partial charge < -0.3 is 10.1 Å². The van der Waals surface area contributed by atoms with Gasteiger partial charge in [-0.15, -0.1) is 0 Å². The van der Waals surface area contributed by atoms with Gasteiger partial charge in [0.25, 0.3) is 0 Å². The van der Waals surface area contributed by atoms with Gasteiger partial charge in [-0.05, 0) is 5.56 Å². The summed E-state index contributed by atoms with van der Waals surface area (Å²) < 4.78 is 5.70. The molecular weight excluding hydrogens is 250 g/mol. The molecule has 3 rings (SSSR count). The van der Waals surface area contributed by atoms with Crippen molar-refractivity contribution in [3.63, 3.8) is 0 Å². The zero-order valence-electron chi connectivity index (χ0n) is 11.2. The SMILES string of the molecule is O=C(c1ccccc1)c1ccc(C2CNCCO2)cc1. The number of rotatable bonds is 3. The van der Waals surface area contributed by atoms with Crippen molar-refractivity contribution in [3.8, 4) is 0 Å². The first-order valence-electron chi connectivity index (χ1n) is 6.86. The van der Waals surface area contributed by atoms with E-state index in [-0.39, 0.29) is 11.9 Å². The molecule has 2 aromatic rings. The molecule has 1 unspecified atom stereocenters. The fourth-order valence-corrected chi connectivity index (χ4v) is 2.38. The van der Waals surface area contributed by atoms with E-state index >= 15 is 0 Å². The van der Waals surface area contributed by atoms with E-state index in [1.807, 2.05) is 54.6 Å². The zero-order chi connectivity index (χ0) is 13.8. The maximum absolute atomic E-state index is 12.3. The Morgan fingerprint density at radius 2 is 1.70 bits per heavy atom. The number of benzene rings is 2. The lowest BCUT2D eigenvalue weighted by molar-refractivity contribution is 0.0277. The normalized spacial score (nSPS) is 18.7. The molecule has 0 aromatic heterocycles. The van der Waals surface area contributed by atoms with E-state index in [1.165, 1.54) is 0 Å². The van der Waals surface area contributed by atoms with Crippen molar-refractivity contribution in [1.82, 2.24) is 5.32 Å². The number of ether oxygens (including phenoxy) is 1.